The number of hydrogen-bond acceptors (Lipinski definition) is 2. The van der Waals surface area contributed by atoms with Crippen LogP contribution in [-0.4, -0.2) is 11.8 Å². The van der Waals surface area contributed by atoms with Crippen LogP contribution in [0.3, 0.4) is 0 Å². The van der Waals surface area contributed by atoms with Crippen LogP contribution in [0.1, 0.15) is 30.5 Å². The summed E-state index contributed by atoms with van der Waals surface area (Å²) in [5, 5.41) is 6.82. The van der Waals surface area contributed by atoms with Gasteiger partial charge in [-0.1, -0.05) is 53.5 Å². The summed E-state index contributed by atoms with van der Waals surface area (Å²) in [6, 6.07) is 14.0. The van der Waals surface area contributed by atoms with Gasteiger partial charge in [-0.2, -0.15) is 0 Å². The van der Waals surface area contributed by atoms with Gasteiger partial charge in [0.1, 0.15) is 0 Å². The minimum atomic E-state index is -0.411. The second-order valence-corrected chi connectivity index (χ2v) is 6.22. The second kappa shape index (κ2) is 8.71. The van der Waals surface area contributed by atoms with Crippen molar-refractivity contribution in [3.05, 3.63) is 69.7 Å². The van der Waals surface area contributed by atoms with Crippen LogP contribution >= 0.6 is 23.2 Å². The number of nitrogens with one attached hydrogen (secondary N) is 2. The van der Waals surface area contributed by atoms with Gasteiger partial charge in [0.15, 0.2) is 0 Å². The predicted molar refractivity (Wildman–Crippen MR) is 95.9 cm³/mol. The molecule has 2 amide bonds. The van der Waals surface area contributed by atoms with Crippen molar-refractivity contribution in [1.29, 1.82) is 0 Å². The highest BCUT2D eigenvalue weighted by Crippen LogP contribution is 2.20. The van der Waals surface area contributed by atoms with Crippen molar-refractivity contribution in [1.82, 2.24) is 10.6 Å². The third kappa shape index (κ3) is 5.55. The standard InChI is InChI=1S/C18H18Cl2N2O2/c1-12(23)22-17(13-6-8-15(19)9-7-13)10-18(24)21-11-14-4-2-3-5-16(14)20/h2-9,17H,10-11H2,1H3,(H,21,24)(H,22,23). The fourth-order valence-corrected chi connectivity index (χ4v) is 2.61. The van der Waals surface area contributed by atoms with E-state index in [9.17, 15) is 9.59 Å². The van der Waals surface area contributed by atoms with E-state index < -0.39 is 6.04 Å². The fraction of sp³-hybridized carbons (Fsp3) is 0.222. The minimum absolute atomic E-state index is 0.131. The van der Waals surface area contributed by atoms with Crippen LogP contribution in [0.4, 0.5) is 0 Å². The second-order valence-electron chi connectivity index (χ2n) is 5.38. The van der Waals surface area contributed by atoms with Gasteiger partial charge in [0.25, 0.3) is 0 Å². The molecule has 0 radical (unpaired) electrons. The topological polar surface area (TPSA) is 58.2 Å². The van der Waals surface area contributed by atoms with Crippen LogP contribution in [0.15, 0.2) is 48.5 Å². The average Bonchev–Trinajstić information content (AvgIpc) is 2.54. The van der Waals surface area contributed by atoms with Gasteiger partial charge < -0.3 is 10.6 Å². The van der Waals surface area contributed by atoms with Gasteiger partial charge in [-0.3, -0.25) is 9.59 Å². The summed E-state index contributed by atoms with van der Waals surface area (Å²) in [6.45, 7) is 1.76. The summed E-state index contributed by atoms with van der Waals surface area (Å²) in [5.41, 5.74) is 1.66. The van der Waals surface area contributed by atoms with Crippen molar-refractivity contribution < 1.29 is 9.59 Å². The first-order chi connectivity index (χ1) is 11.5. The Bertz CT molecular complexity index is 717. The molecule has 2 N–H and O–H groups in total. The van der Waals surface area contributed by atoms with Crippen molar-refractivity contribution in [3.8, 4) is 0 Å². The van der Waals surface area contributed by atoms with Gasteiger partial charge in [-0.15, -0.1) is 0 Å². The zero-order valence-electron chi connectivity index (χ0n) is 13.2. The van der Waals surface area contributed by atoms with Crippen LogP contribution in [0.25, 0.3) is 0 Å². The highest BCUT2D eigenvalue weighted by molar-refractivity contribution is 6.31. The third-order valence-electron chi connectivity index (χ3n) is 3.47. The molecule has 126 valence electrons. The molecule has 0 bridgehead atoms. The summed E-state index contributed by atoms with van der Waals surface area (Å²) in [4.78, 5) is 23.6. The lowest BCUT2D eigenvalue weighted by Crippen LogP contribution is -2.32. The molecule has 0 aliphatic rings. The van der Waals surface area contributed by atoms with E-state index in [1.165, 1.54) is 6.92 Å². The van der Waals surface area contributed by atoms with Gasteiger partial charge in [0.2, 0.25) is 11.8 Å². The quantitative estimate of drug-likeness (QED) is 0.816. The fourth-order valence-electron chi connectivity index (χ4n) is 2.29. The van der Waals surface area contributed by atoms with Crippen LogP contribution in [-0.2, 0) is 16.1 Å². The normalized spacial score (nSPS) is 11.6. The van der Waals surface area contributed by atoms with Crippen molar-refractivity contribution in [3.63, 3.8) is 0 Å². The molecule has 0 fully saturated rings. The molecule has 1 atom stereocenters. The maximum absolute atomic E-state index is 12.2. The highest BCUT2D eigenvalue weighted by atomic mass is 35.5. The molecule has 24 heavy (non-hydrogen) atoms. The molecular formula is C18H18Cl2N2O2. The first kappa shape index (κ1) is 18.3. The highest BCUT2D eigenvalue weighted by Gasteiger charge is 2.17. The van der Waals surface area contributed by atoms with Crippen LogP contribution < -0.4 is 10.6 Å². The maximum Gasteiger partial charge on any atom is 0.222 e. The van der Waals surface area contributed by atoms with Crippen LogP contribution in [0, 0.1) is 0 Å². The SMILES string of the molecule is CC(=O)NC(CC(=O)NCc1ccccc1Cl)c1ccc(Cl)cc1. The Labute approximate surface area is 151 Å². The summed E-state index contributed by atoms with van der Waals surface area (Å²) in [6.07, 6.45) is 0.131. The van der Waals surface area contributed by atoms with E-state index in [2.05, 4.69) is 10.6 Å². The molecule has 1 unspecified atom stereocenters. The van der Waals surface area contributed by atoms with E-state index in [0.29, 0.717) is 16.6 Å². The Hall–Kier alpha value is -2.04. The van der Waals surface area contributed by atoms with Gasteiger partial charge in [-0.05, 0) is 29.3 Å². The van der Waals surface area contributed by atoms with Gasteiger partial charge in [0, 0.05) is 23.5 Å². The van der Waals surface area contributed by atoms with Crippen molar-refractivity contribution in [2.75, 3.05) is 0 Å². The molecule has 0 heterocycles. The van der Waals surface area contributed by atoms with Crippen molar-refractivity contribution in [2.45, 2.75) is 25.9 Å². The maximum atomic E-state index is 12.2. The molecule has 0 saturated carbocycles. The summed E-state index contributed by atoms with van der Waals surface area (Å²) >= 11 is 12.0. The average molecular weight is 365 g/mol. The molecule has 2 rings (SSSR count). The molecule has 0 aromatic heterocycles. The first-order valence-corrected chi connectivity index (χ1v) is 8.24. The van der Waals surface area contributed by atoms with Crippen LogP contribution in [0.5, 0.6) is 0 Å². The predicted octanol–water partition coefficient (Wildman–Crippen LogP) is 3.88. The van der Waals surface area contributed by atoms with Crippen LogP contribution in [0.2, 0.25) is 10.0 Å². The molecule has 2 aromatic rings. The number of rotatable bonds is 6. The molecular weight excluding hydrogens is 347 g/mol. The summed E-state index contributed by atoms with van der Waals surface area (Å²) < 4.78 is 0. The van der Waals surface area contributed by atoms with E-state index in [1.54, 1.807) is 30.3 Å². The Balaban J connectivity index is 2.00. The number of carbonyl (C=O) groups is 2. The Morgan fingerprint density at radius 1 is 1.04 bits per heavy atom. The lowest BCUT2D eigenvalue weighted by molar-refractivity contribution is -0.122. The van der Waals surface area contributed by atoms with Crippen molar-refractivity contribution in [2.24, 2.45) is 0 Å². The summed E-state index contributed by atoms with van der Waals surface area (Å²) in [5.74, 6) is -0.377. The minimum Gasteiger partial charge on any atom is -0.352 e. The molecule has 0 aliphatic heterocycles. The number of carbonyl (C=O) groups excluding carboxylic acids is 2. The molecule has 4 nitrogen and oxygen atoms in total. The van der Waals surface area contributed by atoms with Gasteiger partial charge >= 0.3 is 0 Å². The van der Waals surface area contributed by atoms with E-state index in [1.807, 2.05) is 18.2 Å². The molecule has 0 spiro atoms. The van der Waals surface area contributed by atoms with Crippen molar-refractivity contribution >= 4 is 35.0 Å². The van der Waals surface area contributed by atoms with E-state index in [0.717, 1.165) is 11.1 Å². The number of hydrogen-bond donors (Lipinski definition) is 2. The van der Waals surface area contributed by atoms with E-state index in [-0.39, 0.29) is 18.2 Å². The zero-order valence-corrected chi connectivity index (χ0v) is 14.7. The molecule has 0 saturated heterocycles. The number of benzene rings is 2. The van der Waals surface area contributed by atoms with E-state index in [4.69, 9.17) is 23.2 Å². The number of amides is 2. The largest absolute Gasteiger partial charge is 0.352 e. The third-order valence-corrected chi connectivity index (χ3v) is 4.09. The zero-order chi connectivity index (χ0) is 17.5. The number of halogens is 2. The lowest BCUT2D eigenvalue weighted by atomic mass is 10.0. The summed E-state index contributed by atoms with van der Waals surface area (Å²) in [7, 11) is 0. The lowest BCUT2D eigenvalue weighted by Gasteiger charge is -2.18. The molecule has 6 heteroatoms. The Morgan fingerprint density at radius 2 is 1.71 bits per heavy atom. The van der Waals surface area contributed by atoms with Gasteiger partial charge in [-0.25, -0.2) is 0 Å². The first-order valence-electron chi connectivity index (χ1n) is 7.48. The monoisotopic (exact) mass is 364 g/mol. The molecule has 2 aromatic carbocycles. The van der Waals surface area contributed by atoms with E-state index >= 15 is 0 Å². The smallest absolute Gasteiger partial charge is 0.222 e. The Morgan fingerprint density at radius 3 is 2.33 bits per heavy atom. The molecule has 0 aliphatic carbocycles. The Kier molecular flexibility index (Phi) is 6.64. The van der Waals surface area contributed by atoms with Gasteiger partial charge in [0.05, 0.1) is 12.5 Å².